The normalized spacial score (nSPS) is 19.7. The molecule has 0 spiro atoms. The fourth-order valence-electron chi connectivity index (χ4n) is 7.26. The third-order valence-corrected chi connectivity index (χ3v) is 19.5. The number of hydrogen-bond acceptors (Lipinski definition) is 3. The predicted molar refractivity (Wildman–Crippen MR) is 189 cm³/mol. The van der Waals surface area contributed by atoms with Crippen LogP contribution in [0.15, 0.2) is 133 Å². The summed E-state index contributed by atoms with van der Waals surface area (Å²) in [5, 5.41) is 15.9. The van der Waals surface area contributed by atoms with Crippen molar-refractivity contribution < 1.29 is 14.0 Å². The Kier molecular flexibility index (Phi) is 9.36. The summed E-state index contributed by atoms with van der Waals surface area (Å²) in [4.78, 5) is 0. The topological polar surface area (TPSA) is 38.7 Å². The van der Waals surface area contributed by atoms with Gasteiger partial charge in [-0.15, -0.1) is 0 Å². The maximum atomic E-state index is 11.3. The van der Waals surface area contributed by atoms with Crippen molar-refractivity contribution in [2.24, 2.45) is 5.92 Å². The lowest BCUT2D eigenvalue weighted by Crippen LogP contribution is -2.68. The highest BCUT2D eigenvalue weighted by atomic mass is 28.4. The van der Waals surface area contributed by atoms with Gasteiger partial charge in [0, 0.05) is 18.9 Å². The van der Waals surface area contributed by atoms with Gasteiger partial charge in [0.25, 0.3) is 16.6 Å². The molecule has 0 heterocycles. The monoisotopic (exact) mass is 620 g/mol. The van der Waals surface area contributed by atoms with E-state index in [0.717, 1.165) is 5.57 Å². The van der Waals surface area contributed by atoms with E-state index in [9.17, 15) is 5.11 Å². The summed E-state index contributed by atoms with van der Waals surface area (Å²) in [6.07, 6.45) is -0.356. The molecule has 0 aromatic heterocycles. The molecular weight excluding hydrogens is 573 g/mol. The molecule has 3 nitrogen and oxygen atoms in total. The van der Waals surface area contributed by atoms with Crippen molar-refractivity contribution in [2.75, 3.05) is 6.61 Å². The molecule has 1 fully saturated rings. The Labute approximate surface area is 266 Å². The molecule has 0 amide bonds. The molecule has 1 aliphatic rings. The van der Waals surface area contributed by atoms with Crippen molar-refractivity contribution >= 4 is 37.4 Å². The molecule has 0 saturated heterocycles. The van der Waals surface area contributed by atoms with Gasteiger partial charge in [-0.05, 0) is 36.4 Å². The molecule has 44 heavy (non-hydrogen) atoms. The smallest absolute Gasteiger partial charge is 0.261 e. The first-order valence-electron chi connectivity index (χ1n) is 15.8. The molecule has 0 unspecified atom stereocenters. The van der Waals surface area contributed by atoms with Gasteiger partial charge >= 0.3 is 0 Å². The van der Waals surface area contributed by atoms with Crippen LogP contribution in [0.4, 0.5) is 0 Å². The second-order valence-electron chi connectivity index (χ2n) is 14.2. The molecule has 3 atom stereocenters. The van der Waals surface area contributed by atoms with Crippen LogP contribution in [0.3, 0.4) is 0 Å². The zero-order chi connectivity index (χ0) is 31.6. The van der Waals surface area contributed by atoms with Crippen LogP contribution in [-0.4, -0.2) is 40.6 Å². The van der Waals surface area contributed by atoms with E-state index in [1.54, 1.807) is 0 Å². The minimum absolute atomic E-state index is 0.145. The highest BCUT2D eigenvalue weighted by molar-refractivity contribution is 7.00. The highest BCUT2D eigenvalue weighted by Gasteiger charge is 2.55. The molecule has 4 aromatic rings. The number of aliphatic hydroxyl groups is 1. The Morgan fingerprint density at radius 3 is 1.30 bits per heavy atom. The van der Waals surface area contributed by atoms with E-state index in [1.165, 1.54) is 20.7 Å². The minimum Gasteiger partial charge on any atom is -0.407 e. The lowest BCUT2D eigenvalue weighted by atomic mass is 10.0. The molecule has 5 rings (SSSR count). The first-order valence-corrected chi connectivity index (χ1v) is 19.6. The fraction of sp³-hybridized carbons (Fsp3) is 0.333. The van der Waals surface area contributed by atoms with Gasteiger partial charge in [-0.25, -0.2) is 0 Å². The van der Waals surface area contributed by atoms with Gasteiger partial charge < -0.3 is 14.0 Å². The molecule has 230 valence electrons. The van der Waals surface area contributed by atoms with Gasteiger partial charge in [0.15, 0.2) is 0 Å². The lowest BCUT2D eigenvalue weighted by molar-refractivity contribution is 0.108. The Bertz CT molecular complexity index is 1430. The van der Waals surface area contributed by atoms with E-state index < -0.39 is 22.7 Å². The first kappa shape index (κ1) is 32.3. The molecule has 1 aliphatic carbocycles. The SMILES string of the molecule is C=C1[C@H](O)C[C@@H](O[Si](c2ccccc2)(c2ccccc2)C(C)(C)C)[C@H]1CO[Si](c1ccccc1)(c1ccccc1)C(C)(C)C. The fourth-order valence-corrected chi connectivity index (χ4v) is 16.6. The zero-order valence-corrected chi connectivity index (χ0v) is 29.2. The molecule has 0 aliphatic heterocycles. The van der Waals surface area contributed by atoms with Gasteiger partial charge in [0.05, 0.1) is 12.2 Å². The number of benzene rings is 4. The Hall–Kier alpha value is -3.07. The summed E-state index contributed by atoms with van der Waals surface area (Å²) in [5.74, 6) is -0.145. The number of rotatable bonds is 9. The molecule has 5 heteroatoms. The van der Waals surface area contributed by atoms with Crippen molar-refractivity contribution in [3.05, 3.63) is 133 Å². The minimum atomic E-state index is -2.85. The van der Waals surface area contributed by atoms with E-state index >= 15 is 0 Å². The van der Waals surface area contributed by atoms with Crippen LogP contribution >= 0.6 is 0 Å². The molecule has 0 radical (unpaired) electrons. The molecule has 4 aromatic carbocycles. The van der Waals surface area contributed by atoms with Gasteiger partial charge in [-0.2, -0.15) is 0 Å². The molecule has 1 saturated carbocycles. The van der Waals surface area contributed by atoms with Crippen LogP contribution in [0.25, 0.3) is 0 Å². The Morgan fingerprint density at radius 1 is 0.614 bits per heavy atom. The van der Waals surface area contributed by atoms with Crippen molar-refractivity contribution in [1.82, 2.24) is 0 Å². The maximum absolute atomic E-state index is 11.3. The van der Waals surface area contributed by atoms with Crippen LogP contribution in [0.2, 0.25) is 10.1 Å². The average Bonchev–Trinajstić information content (AvgIpc) is 3.28. The summed E-state index contributed by atoms with van der Waals surface area (Å²) in [6.45, 7) is 18.7. The van der Waals surface area contributed by atoms with Gasteiger partial charge in [0.2, 0.25) is 0 Å². The summed E-state index contributed by atoms with van der Waals surface area (Å²) in [6, 6.07) is 42.9. The van der Waals surface area contributed by atoms with Crippen LogP contribution in [-0.2, 0) is 8.85 Å². The van der Waals surface area contributed by atoms with Crippen LogP contribution in [0.1, 0.15) is 48.0 Å². The Morgan fingerprint density at radius 2 is 0.955 bits per heavy atom. The summed E-state index contributed by atoms with van der Waals surface area (Å²) >= 11 is 0. The van der Waals surface area contributed by atoms with E-state index in [4.69, 9.17) is 8.85 Å². The van der Waals surface area contributed by atoms with E-state index in [2.05, 4.69) is 169 Å². The van der Waals surface area contributed by atoms with E-state index in [0.29, 0.717) is 13.0 Å². The predicted octanol–water partition coefficient (Wildman–Crippen LogP) is 6.45. The zero-order valence-electron chi connectivity index (χ0n) is 27.2. The summed E-state index contributed by atoms with van der Waals surface area (Å²) < 4.78 is 15.0. The average molecular weight is 621 g/mol. The number of hydrogen-bond donors (Lipinski definition) is 1. The molecule has 1 N–H and O–H groups in total. The Balaban J connectivity index is 1.59. The summed E-state index contributed by atoms with van der Waals surface area (Å²) in [5.41, 5.74) is 0.811. The van der Waals surface area contributed by atoms with Crippen LogP contribution < -0.4 is 20.7 Å². The quantitative estimate of drug-likeness (QED) is 0.173. The van der Waals surface area contributed by atoms with Crippen LogP contribution in [0, 0.1) is 5.92 Å². The lowest BCUT2D eigenvalue weighted by Gasteiger charge is -2.46. The summed E-state index contributed by atoms with van der Waals surface area (Å²) in [7, 11) is -5.64. The van der Waals surface area contributed by atoms with E-state index in [1.807, 2.05) is 0 Å². The largest absolute Gasteiger partial charge is 0.407 e. The standard InChI is InChI=1S/C39H48O3Si2/c1-30-35(29-41-43(38(2,3)4,31-20-12-8-13-21-31)32-22-14-9-15-23-32)37(28-36(30)40)42-44(39(5,6)7,33-24-16-10-17-25-33)34-26-18-11-19-27-34/h8-27,35-37,40H,1,28-29H2,2-7H3/t35-,36+,37+/m0/s1. The number of aliphatic hydroxyl groups excluding tert-OH is 1. The molecule has 0 bridgehead atoms. The third-order valence-electron chi connectivity index (χ3n) is 9.45. The van der Waals surface area contributed by atoms with E-state index in [-0.39, 0.29) is 22.1 Å². The van der Waals surface area contributed by atoms with Crippen molar-refractivity contribution in [1.29, 1.82) is 0 Å². The van der Waals surface area contributed by atoms with Crippen molar-refractivity contribution in [3.8, 4) is 0 Å². The van der Waals surface area contributed by atoms with Gasteiger partial charge in [0.1, 0.15) is 0 Å². The van der Waals surface area contributed by atoms with Crippen molar-refractivity contribution in [3.63, 3.8) is 0 Å². The van der Waals surface area contributed by atoms with Crippen LogP contribution in [0.5, 0.6) is 0 Å². The second kappa shape index (κ2) is 12.7. The second-order valence-corrected chi connectivity index (χ2v) is 22.8. The third kappa shape index (κ3) is 5.84. The van der Waals surface area contributed by atoms with Gasteiger partial charge in [-0.1, -0.05) is 169 Å². The molecular formula is C39H48O3Si2. The maximum Gasteiger partial charge on any atom is 0.261 e. The highest BCUT2D eigenvalue weighted by Crippen LogP contribution is 2.44. The van der Waals surface area contributed by atoms with Gasteiger partial charge in [-0.3, -0.25) is 0 Å². The van der Waals surface area contributed by atoms with Crippen molar-refractivity contribution in [2.45, 2.75) is 70.2 Å². The first-order chi connectivity index (χ1) is 20.9.